The summed E-state index contributed by atoms with van der Waals surface area (Å²) in [4.78, 5) is 6.69. The van der Waals surface area contributed by atoms with Crippen molar-refractivity contribution in [3.05, 3.63) is 53.3 Å². The number of nitrogens with zero attached hydrogens (tertiary/aromatic N) is 4. The molecule has 0 aliphatic rings. The molecule has 3 aromatic rings. The highest BCUT2D eigenvalue weighted by Crippen LogP contribution is 2.23. The van der Waals surface area contributed by atoms with Crippen LogP contribution in [-0.2, 0) is 6.54 Å². The van der Waals surface area contributed by atoms with Gasteiger partial charge in [-0.3, -0.25) is 0 Å². The summed E-state index contributed by atoms with van der Waals surface area (Å²) in [6.45, 7) is 4.72. The van der Waals surface area contributed by atoms with Crippen LogP contribution in [0.5, 0.6) is 5.75 Å². The fourth-order valence-electron chi connectivity index (χ4n) is 2.64. The number of hydrogen-bond donors (Lipinski definition) is 0. The zero-order chi connectivity index (χ0) is 15.7. The van der Waals surface area contributed by atoms with E-state index in [-0.39, 0.29) is 0 Å². The van der Waals surface area contributed by atoms with Crippen molar-refractivity contribution in [3.8, 4) is 5.75 Å². The van der Waals surface area contributed by atoms with Crippen molar-refractivity contribution in [2.75, 3.05) is 19.1 Å². The van der Waals surface area contributed by atoms with E-state index in [1.165, 1.54) is 0 Å². The Labute approximate surface area is 130 Å². The molecule has 0 saturated heterocycles. The second-order valence-electron chi connectivity index (χ2n) is 5.48. The lowest BCUT2D eigenvalue weighted by atomic mass is 10.2. The lowest BCUT2D eigenvalue weighted by Gasteiger charge is -2.21. The molecule has 0 radical (unpaired) electrons. The van der Waals surface area contributed by atoms with Crippen molar-refractivity contribution in [1.82, 2.24) is 14.6 Å². The van der Waals surface area contributed by atoms with Crippen molar-refractivity contribution >= 4 is 11.5 Å². The van der Waals surface area contributed by atoms with E-state index in [1.54, 1.807) is 7.11 Å². The molecule has 5 heteroatoms. The van der Waals surface area contributed by atoms with Gasteiger partial charge < -0.3 is 9.64 Å². The molecule has 1 aromatic carbocycles. The monoisotopic (exact) mass is 296 g/mol. The number of fused-ring (bicyclic) bond motifs is 1. The molecule has 22 heavy (non-hydrogen) atoms. The Balaban J connectivity index is 2.00. The Kier molecular flexibility index (Phi) is 3.71. The number of hydrogen-bond acceptors (Lipinski definition) is 4. The van der Waals surface area contributed by atoms with Crippen molar-refractivity contribution in [3.63, 3.8) is 0 Å². The molecule has 2 aromatic heterocycles. The SMILES string of the molecule is COc1ccccc1CN(C)c1cc(C)nc2cc(C)nn12. The van der Waals surface area contributed by atoms with Gasteiger partial charge in [-0.2, -0.15) is 9.61 Å². The van der Waals surface area contributed by atoms with Crippen molar-refractivity contribution in [2.24, 2.45) is 0 Å². The van der Waals surface area contributed by atoms with Gasteiger partial charge in [-0.1, -0.05) is 18.2 Å². The molecule has 0 spiro atoms. The first kappa shape index (κ1) is 14.4. The second kappa shape index (κ2) is 5.67. The van der Waals surface area contributed by atoms with Gasteiger partial charge in [-0.15, -0.1) is 0 Å². The second-order valence-corrected chi connectivity index (χ2v) is 5.48. The largest absolute Gasteiger partial charge is 0.496 e. The van der Waals surface area contributed by atoms with Crippen molar-refractivity contribution < 1.29 is 4.74 Å². The van der Waals surface area contributed by atoms with Gasteiger partial charge >= 0.3 is 0 Å². The van der Waals surface area contributed by atoms with E-state index in [1.807, 2.05) is 42.6 Å². The number of para-hydroxylation sites is 1. The normalized spacial score (nSPS) is 10.9. The summed E-state index contributed by atoms with van der Waals surface area (Å²) < 4.78 is 7.32. The summed E-state index contributed by atoms with van der Waals surface area (Å²) in [6.07, 6.45) is 0. The van der Waals surface area contributed by atoms with Gasteiger partial charge in [0.25, 0.3) is 0 Å². The number of methoxy groups -OCH3 is 1. The quantitative estimate of drug-likeness (QED) is 0.742. The van der Waals surface area contributed by atoms with Gasteiger partial charge in [0.2, 0.25) is 0 Å². The number of aryl methyl sites for hydroxylation is 2. The summed E-state index contributed by atoms with van der Waals surface area (Å²) in [5.74, 6) is 1.91. The van der Waals surface area contributed by atoms with Crippen LogP contribution < -0.4 is 9.64 Å². The first-order valence-electron chi connectivity index (χ1n) is 7.25. The molecule has 2 heterocycles. The predicted octanol–water partition coefficient (Wildman–Crippen LogP) is 2.99. The summed E-state index contributed by atoms with van der Waals surface area (Å²) in [6, 6.07) is 12.1. The van der Waals surface area contributed by atoms with Crippen LogP contribution in [-0.4, -0.2) is 28.8 Å². The fraction of sp³-hybridized carbons (Fsp3) is 0.294. The molecule has 3 rings (SSSR count). The summed E-state index contributed by atoms with van der Waals surface area (Å²) >= 11 is 0. The number of anilines is 1. The topological polar surface area (TPSA) is 42.7 Å². The summed E-state index contributed by atoms with van der Waals surface area (Å²) in [5, 5.41) is 4.54. The standard InChI is InChI=1S/C17H20N4O/c1-12-10-17(21-16(18-12)9-13(2)19-21)20(3)11-14-7-5-6-8-15(14)22-4/h5-10H,11H2,1-4H3. The Bertz CT molecular complexity index is 810. The number of benzene rings is 1. The smallest absolute Gasteiger partial charge is 0.157 e. The molecule has 0 unspecified atom stereocenters. The summed E-state index contributed by atoms with van der Waals surface area (Å²) in [5.41, 5.74) is 3.96. The molecule has 0 fully saturated rings. The van der Waals surface area contributed by atoms with Crippen LogP contribution in [0.2, 0.25) is 0 Å². The van der Waals surface area contributed by atoms with Crippen LogP contribution in [0, 0.1) is 13.8 Å². The lowest BCUT2D eigenvalue weighted by Crippen LogP contribution is -2.20. The van der Waals surface area contributed by atoms with Crippen LogP contribution >= 0.6 is 0 Å². The molecule has 0 bridgehead atoms. The van der Waals surface area contributed by atoms with Crippen LogP contribution in [0.15, 0.2) is 36.4 Å². The van der Waals surface area contributed by atoms with Crippen molar-refractivity contribution in [2.45, 2.75) is 20.4 Å². The van der Waals surface area contributed by atoms with Crippen molar-refractivity contribution in [1.29, 1.82) is 0 Å². The van der Waals surface area contributed by atoms with Crippen LogP contribution in [0.4, 0.5) is 5.82 Å². The molecule has 0 N–H and O–H groups in total. The van der Waals surface area contributed by atoms with E-state index in [4.69, 9.17) is 4.74 Å². The lowest BCUT2D eigenvalue weighted by molar-refractivity contribution is 0.409. The van der Waals surface area contributed by atoms with Gasteiger partial charge in [-0.05, 0) is 19.9 Å². The molecule has 0 saturated carbocycles. The van der Waals surface area contributed by atoms with E-state index in [0.717, 1.165) is 40.7 Å². The Hall–Kier alpha value is -2.56. The third-order valence-corrected chi connectivity index (χ3v) is 3.65. The van der Waals surface area contributed by atoms with Gasteiger partial charge in [0, 0.05) is 37.0 Å². The first-order chi connectivity index (χ1) is 10.6. The van der Waals surface area contributed by atoms with E-state index >= 15 is 0 Å². The molecule has 0 atom stereocenters. The Morgan fingerprint density at radius 1 is 1.14 bits per heavy atom. The van der Waals surface area contributed by atoms with Gasteiger partial charge in [0.15, 0.2) is 5.65 Å². The average molecular weight is 296 g/mol. The number of rotatable bonds is 4. The molecular formula is C17H20N4O. The minimum absolute atomic E-state index is 0.738. The van der Waals surface area contributed by atoms with E-state index in [9.17, 15) is 0 Å². The van der Waals surface area contributed by atoms with Crippen LogP contribution in [0.25, 0.3) is 5.65 Å². The van der Waals surface area contributed by atoms with Crippen LogP contribution in [0.1, 0.15) is 17.0 Å². The van der Waals surface area contributed by atoms with E-state index in [0.29, 0.717) is 0 Å². The number of ether oxygens (including phenoxy) is 1. The predicted molar refractivity (Wildman–Crippen MR) is 87.6 cm³/mol. The van der Waals surface area contributed by atoms with Gasteiger partial charge in [0.1, 0.15) is 11.6 Å². The van der Waals surface area contributed by atoms with Gasteiger partial charge in [-0.25, -0.2) is 4.98 Å². The van der Waals surface area contributed by atoms with Gasteiger partial charge in [0.05, 0.1) is 12.8 Å². The third-order valence-electron chi connectivity index (χ3n) is 3.65. The molecule has 114 valence electrons. The minimum Gasteiger partial charge on any atom is -0.496 e. The molecule has 0 aliphatic carbocycles. The highest BCUT2D eigenvalue weighted by Gasteiger charge is 2.12. The highest BCUT2D eigenvalue weighted by atomic mass is 16.5. The van der Waals surface area contributed by atoms with Crippen LogP contribution in [0.3, 0.4) is 0 Å². The molecular weight excluding hydrogens is 276 g/mol. The fourth-order valence-corrected chi connectivity index (χ4v) is 2.64. The van der Waals surface area contributed by atoms with E-state index < -0.39 is 0 Å². The highest BCUT2D eigenvalue weighted by molar-refractivity contribution is 5.52. The zero-order valence-electron chi connectivity index (χ0n) is 13.4. The Morgan fingerprint density at radius 2 is 1.91 bits per heavy atom. The third kappa shape index (κ3) is 2.62. The van der Waals surface area contributed by atoms with E-state index in [2.05, 4.69) is 34.2 Å². The Morgan fingerprint density at radius 3 is 2.68 bits per heavy atom. The maximum absolute atomic E-state index is 5.44. The average Bonchev–Trinajstić information content (AvgIpc) is 2.86. The minimum atomic E-state index is 0.738. The molecule has 0 aliphatic heterocycles. The maximum Gasteiger partial charge on any atom is 0.157 e. The first-order valence-corrected chi connectivity index (χ1v) is 7.25. The molecule has 0 amide bonds. The summed E-state index contributed by atoms with van der Waals surface area (Å²) in [7, 11) is 3.75. The zero-order valence-corrected chi connectivity index (χ0v) is 13.4. The maximum atomic E-state index is 5.44. The molecule has 5 nitrogen and oxygen atoms in total. The number of aromatic nitrogens is 3.